The van der Waals surface area contributed by atoms with E-state index in [1.165, 1.54) is 0 Å². The number of carboxylic acids is 1. The van der Waals surface area contributed by atoms with Gasteiger partial charge in [-0.3, -0.25) is 0 Å². The molecule has 1 aromatic rings. The van der Waals surface area contributed by atoms with E-state index in [2.05, 4.69) is 5.32 Å². The Labute approximate surface area is 111 Å². The molecule has 0 spiro atoms. The summed E-state index contributed by atoms with van der Waals surface area (Å²) in [7, 11) is 0. The number of aliphatic hydroxyl groups excluding tert-OH is 1. The van der Waals surface area contributed by atoms with Crippen LogP contribution in [0.25, 0.3) is 0 Å². The average Bonchev–Trinajstić information content (AvgIpc) is 2.38. The first kappa shape index (κ1) is 15.0. The lowest BCUT2D eigenvalue weighted by molar-refractivity contribution is 0.0695. The Morgan fingerprint density at radius 1 is 1.44 bits per heavy atom. The molecule has 4 nitrogen and oxygen atoms in total. The zero-order valence-corrected chi connectivity index (χ0v) is 11.4. The number of aromatic carboxylic acids is 1. The molecule has 2 unspecified atom stereocenters. The van der Waals surface area contributed by atoms with Gasteiger partial charge in [-0.2, -0.15) is 11.8 Å². The molecule has 0 aromatic heterocycles. The van der Waals surface area contributed by atoms with Gasteiger partial charge in [-0.1, -0.05) is 18.2 Å². The van der Waals surface area contributed by atoms with Crippen LogP contribution in [0.1, 0.15) is 22.8 Å². The van der Waals surface area contributed by atoms with Crippen molar-refractivity contribution in [3.63, 3.8) is 0 Å². The number of rotatable bonds is 7. The van der Waals surface area contributed by atoms with E-state index in [9.17, 15) is 9.90 Å². The SMILES string of the molecule is CSC(CO)C(C)NCc1ccccc1C(=O)O. The molecule has 18 heavy (non-hydrogen) atoms. The molecule has 0 aliphatic heterocycles. The van der Waals surface area contributed by atoms with Crippen molar-refractivity contribution in [3.05, 3.63) is 35.4 Å². The van der Waals surface area contributed by atoms with Gasteiger partial charge in [-0.25, -0.2) is 4.79 Å². The van der Waals surface area contributed by atoms with E-state index in [4.69, 9.17) is 5.11 Å². The molecule has 0 aliphatic rings. The number of carboxylic acid groups (broad SMARTS) is 1. The van der Waals surface area contributed by atoms with Crippen molar-refractivity contribution in [3.8, 4) is 0 Å². The summed E-state index contributed by atoms with van der Waals surface area (Å²) in [6.45, 7) is 2.58. The lowest BCUT2D eigenvalue weighted by atomic mass is 10.1. The molecule has 0 saturated heterocycles. The predicted octanol–water partition coefficient (Wildman–Crippen LogP) is 1.59. The van der Waals surface area contributed by atoms with Crippen molar-refractivity contribution in [2.75, 3.05) is 12.9 Å². The number of hydrogen-bond acceptors (Lipinski definition) is 4. The van der Waals surface area contributed by atoms with Crippen LogP contribution in [-0.2, 0) is 6.54 Å². The first-order valence-corrected chi connectivity index (χ1v) is 7.07. The molecule has 0 amide bonds. The standard InChI is InChI=1S/C13H19NO3S/c1-9(12(8-15)18-2)14-7-10-5-3-4-6-11(10)13(16)17/h3-6,9,12,14-15H,7-8H2,1-2H3,(H,16,17). The molecule has 0 fully saturated rings. The second-order valence-corrected chi connectivity index (χ2v) is 5.17. The lowest BCUT2D eigenvalue weighted by Gasteiger charge is -2.21. The zero-order valence-electron chi connectivity index (χ0n) is 10.6. The Morgan fingerprint density at radius 2 is 2.11 bits per heavy atom. The number of benzene rings is 1. The second kappa shape index (κ2) is 7.41. The third-order valence-corrected chi connectivity index (χ3v) is 4.07. The average molecular weight is 269 g/mol. The summed E-state index contributed by atoms with van der Waals surface area (Å²) in [6.07, 6.45) is 1.95. The Morgan fingerprint density at radius 3 is 2.67 bits per heavy atom. The minimum Gasteiger partial charge on any atom is -0.478 e. The summed E-state index contributed by atoms with van der Waals surface area (Å²) >= 11 is 1.59. The van der Waals surface area contributed by atoms with E-state index in [1.54, 1.807) is 30.0 Å². The molecule has 2 atom stereocenters. The van der Waals surface area contributed by atoms with Crippen molar-refractivity contribution in [1.82, 2.24) is 5.32 Å². The van der Waals surface area contributed by atoms with Gasteiger partial charge in [0.2, 0.25) is 0 Å². The Kier molecular flexibility index (Phi) is 6.18. The second-order valence-electron chi connectivity index (χ2n) is 4.09. The highest BCUT2D eigenvalue weighted by molar-refractivity contribution is 7.99. The number of nitrogens with one attached hydrogen (secondary N) is 1. The van der Waals surface area contributed by atoms with Crippen LogP contribution in [0.15, 0.2) is 24.3 Å². The van der Waals surface area contributed by atoms with Crippen LogP contribution in [0, 0.1) is 0 Å². The fourth-order valence-electron chi connectivity index (χ4n) is 1.72. The molecule has 0 bridgehead atoms. The molecule has 0 radical (unpaired) electrons. The Hall–Kier alpha value is -1.04. The number of carbonyl (C=O) groups is 1. The first-order chi connectivity index (χ1) is 8.60. The Balaban J connectivity index is 2.66. The lowest BCUT2D eigenvalue weighted by Crippen LogP contribution is -2.37. The molecule has 3 N–H and O–H groups in total. The zero-order chi connectivity index (χ0) is 13.5. The van der Waals surface area contributed by atoms with Gasteiger partial charge >= 0.3 is 5.97 Å². The molecule has 0 saturated carbocycles. The fourth-order valence-corrected chi connectivity index (χ4v) is 2.38. The Bertz CT molecular complexity index is 394. The molecular formula is C13H19NO3S. The fraction of sp³-hybridized carbons (Fsp3) is 0.462. The van der Waals surface area contributed by atoms with Crippen LogP contribution in [0.4, 0.5) is 0 Å². The first-order valence-electron chi connectivity index (χ1n) is 5.78. The topological polar surface area (TPSA) is 69.6 Å². The summed E-state index contributed by atoms with van der Waals surface area (Å²) in [4.78, 5) is 11.0. The molecule has 5 heteroatoms. The van der Waals surface area contributed by atoms with Crippen LogP contribution < -0.4 is 5.32 Å². The molecule has 100 valence electrons. The van der Waals surface area contributed by atoms with Gasteiger partial charge in [-0.05, 0) is 24.8 Å². The third kappa shape index (κ3) is 4.01. The van der Waals surface area contributed by atoms with Crippen LogP contribution in [-0.4, -0.2) is 40.3 Å². The van der Waals surface area contributed by atoms with Crippen LogP contribution in [0.2, 0.25) is 0 Å². The van der Waals surface area contributed by atoms with E-state index in [-0.39, 0.29) is 17.9 Å². The van der Waals surface area contributed by atoms with Crippen LogP contribution in [0.3, 0.4) is 0 Å². The van der Waals surface area contributed by atoms with Gasteiger partial charge in [0.1, 0.15) is 0 Å². The highest BCUT2D eigenvalue weighted by Crippen LogP contribution is 2.13. The van der Waals surface area contributed by atoms with Gasteiger partial charge in [0, 0.05) is 17.8 Å². The van der Waals surface area contributed by atoms with Gasteiger partial charge in [0.15, 0.2) is 0 Å². The smallest absolute Gasteiger partial charge is 0.336 e. The van der Waals surface area contributed by atoms with E-state index in [0.29, 0.717) is 12.1 Å². The highest BCUT2D eigenvalue weighted by atomic mass is 32.2. The van der Waals surface area contributed by atoms with Gasteiger partial charge in [-0.15, -0.1) is 0 Å². The summed E-state index contributed by atoms with van der Waals surface area (Å²) in [5, 5.41) is 21.6. The molecule has 1 rings (SSSR count). The van der Waals surface area contributed by atoms with Gasteiger partial charge in [0.05, 0.1) is 12.2 Å². The summed E-state index contributed by atoms with van der Waals surface area (Å²) < 4.78 is 0. The molecule has 1 aromatic carbocycles. The maximum absolute atomic E-state index is 11.0. The van der Waals surface area contributed by atoms with Gasteiger partial charge < -0.3 is 15.5 Å². The molecule has 0 heterocycles. The van der Waals surface area contributed by atoms with Crippen molar-refractivity contribution >= 4 is 17.7 Å². The monoisotopic (exact) mass is 269 g/mol. The minimum absolute atomic E-state index is 0.107. The van der Waals surface area contributed by atoms with Gasteiger partial charge in [0.25, 0.3) is 0 Å². The van der Waals surface area contributed by atoms with Crippen molar-refractivity contribution < 1.29 is 15.0 Å². The summed E-state index contributed by atoms with van der Waals surface area (Å²) in [6, 6.07) is 7.06. The molecule has 0 aliphatic carbocycles. The van der Waals surface area contributed by atoms with Crippen molar-refractivity contribution in [2.45, 2.75) is 24.8 Å². The predicted molar refractivity (Wildman–Crippen MR) is 74.1 cm³/mol. The molecular weight excluding hydrogens is 250 g/mol. The maximum atomic E-state index is 11.0. The third-order valence-electron chi connectivity index (χ3n) is 2.90. The number of aliphatic hydroxyl groups is 1. The van der Waals surface area contributed by atoms with E-state index in [0.717, 1.165) is 5.56 Å². The van der Waals surface area contributed by atoms with E-state index >= 15 is 0 Å². The normalized spacial score (nSPS) is 14.2. The summed E-state index contributed by atoms with van der Waals surface area (Å²) in [5.41, 5.74) is 1.08. The van der Waals surface area contributed by atoms with Crippen molar-refractivity contribution in [2.24, 2.45) is 0 Å². The van der Waals surface area contributed by atoms with Crippen molar-refractivity contribution in [1.29, 1.82) is 0 Å². The largest absolute Gasteiger partial charge is 0.478 e. The van der Waals surface area contributed by atoms with E-state index in [1.807, 2.05) is 19.2 Å². The van der Waals surface area contributed by atoms with E-state index < -0.39 is 5.97 Å². The van der Waals surface area contributed by atoms with Crippen LogP contribution >= 0.6 is 11.8 Å². The quantitative estimate of drug-likeness (QED) is 0.701. The number of thioether (sulfide) groups is 1. The highest BCUT2D eigenvalue weighted by Gasteiger charge is 2.15. The maximum Gasteiger partial charge on any atom is 0.336 e. The minimum atomic E-state index is -0.913. The summed E-state index contributed by atoms with van der Waals surface area (Å²) in [5.74, 6) is -0.913. The number of hydrogen-bond donors (Lipinski definition) is 3. The van der Waals surface area contributed by atoms with Crippen LogP contribution in [0.5, 0.6) is 0 Å².